The van der Waals surface area contributed by atoms with Crippen molar-refractivity contribution in [1.82, 2.24) is 0 Å². The summed E-state index contributed by atoms with van der Waals surface area (Å²) in [7, 11) is 0. The van der Waals surface area contributed by atoms with Gasteiger partial charge in [0.2, 0.25) is 0 Å². The predicted molar refractivity (Wildman–Crippen MR) is 53.2 cm³/mol. The van der Waals surface area contributed by atoms with Crippen LogP contribution in [0.5, 0.6) is 0 Å². The van der Waals surface area contributed by atoms with E-state index in [0.717, 1.165) is 10.0 Å². The number of nitrogens with two attached hydrogens (primary N) is 1. The highest BCUT2D eigenvalue weighted by atomic mass is 79.9. The van der Waals surface area contributed by atoms with E-state index >= 15 is 0 Å². The molecule has 0 saturated heterocycles. The van der Waals surface area contributed by atoms with E-state index in [1.165, 1.54) is 0 Å². The van der Waals surface area contributed by atoms with Gasteiger partial charge in [-0.15, -0.1) is 0 Å². The van der Waals surface area contributed by atoms with Gasteiger partial charge in [-0.3, -0.25) is 0 Å². The fraction of sp³-hybridized carbons (Fsp3) is 0.250. The summed E-state index contributed by atoms with van der Waals surface area (Å²) >= 11 is 9.19. The van der Waals surface area contributed by atoms with E-state index in [-0.39, 0.29) is 6.61 Å². The van der Waals surface area contributed by atoms with E-state index in [1.54, 1.807) is 6.07 Å². The van der Waals surface area contributed by atoms with Crippen LogP contribution in [0.4, 0.5) is 0 Å². The molecule has 0 bridgehead atoms. The van der Waals surface area contributed by atoms with Crippen molar-refractivity contribution in [3.8, 4) is 0 Å². The highest BCUT2D eigenvalue weighted by Gasteiger charge is 2.11. The highest BCUT2D eigenvalue weighted by molar-refractivity contribution is 9.10. The molecule has 1 aromatic carbocycles. The van der Waals surface area contributed by atoms with Gasteiger partial charge in [-0.25, -0.2) is 0 Å². The maximum atomic E-state index is 8.83. The first kappa shape index (κ1) is 9.99. The molecule has 0 saturated carbocycles. The summed E-state index contributed by atoms with van der Waals surface area (Å²) in [6, 6.07) is 4.99. The van der Waals surface area contributed by atoms with Crippen molar-refractivity contribution in [2.24, 2.45) is 5.73 Å². The molecule has 0 fully saturated rings. The second kappa shape index (κ2) is 4.23. The minimum atomic E-state index is -0.423. The summed E-state index contributed by atoms with van der Waals surface area (Å²) in [4.78, 5) is 0. The summed E-state index contributed by atoms with van der Waals surface area (Å²) in [6.45, 7) is -0.109. The Kier molecular flexibility index (Phi) is 3.53. The molecule has 1 rings (SSSR count). The van der Waals surface area contributed by atoms with E-state index in [9.17, 15) is 0 Å². The van der Waals surface area contributed by atoms with Gasteiger partial charge >= 0.3 is 0 Å². The largest absolute Gasteiger partial charge is 0.394 e. The van der Waals surface area contributed by atoms with Crippen molar-refractivity contribution in [3.05, 3.63) is 33.3 Å². The third-order valence-corrected chi connectivity index (χ3v) is 2.59. The normalized spacial score (nSPS) is 13.0. The molecule has 2 nitrogen and oxygen atoms in total. The molecule has 12 heavy (non-hydrogen) atoms. The number of hydrogen-bond donors (Lipinski definition) is 2. The average Bonchev–Trinajstić information content (AvgIpc) is 2.03. The molecule has 0 unspecified atom stereocenters. The van der Waals surface area contributed by atoms with Crippen LogP contribution in [-0.4, -0.2) is 11.7 Å². The maximum absolute atomic E-state index is 8.83. The fourth-order valence-electron chi connectivity index (χ4n) is 0.956. The van der Waals surface area contributed by atoms with Gasteiger partial charge in [-0.1, -0.05) is 33.6 Å². The minimum Gasteiger partial charge on any atom is -0.394 e. The molecule has 1 aromatic rings. The number of rotatable bonds is 2. The van der Waals surface area contributed by atoms with Crippen LogP contribution in [0.2, 0.25) is 5.02 Å². The number of aliphatic hydroxyl groups excluding tert-OH is 1. The molecular formula is C8H9BrClNO. The van der Waals surface area contributed by atoms with Crippen molar-refractivity contribution >= 4 is 27.5 Å². The highest BCUT2D eigenvalue weighted by Crippen LogP contribution is 2.28. The lowest BCUT2D eigenvalue weighted by Crippen LogP contribution is -2.15. The van der Waals surface area contributed by atoms with Gasteiger partial charge < -0.3 is 10.8 Å². The first-order valence-electron chi connectivity index (χ1n) is 3.47. The lowest BCUT2D eigenvalue weighted by atomic mass is 10.1. The number of aliphatic hydroxyl groups is 1. The summed E-state index contributed by atoms with van der Waals surface area (Å²) < 4.78 is 0.830. The van der Waals surface area contributed by atoms with Crippen LogP contribution in [-0.2, 0) is 0 Å². The predicted octanol–water partition coefficient (Wildman–Crippen LogP) is 2.09. The monoisotopic (exact) mass is 249 g/mol. The standard InChI is InChI=1S/C8H9BrClNO/c9-5-2-1-3-6(10)8(5)7(11)4-12/h1-3,7,12H,4,11H2/t7-/m1/s1. The van der Waals surface area contributed by atoms with E-state index in [4.69, 9.17) is 22.4 Å². The van der Waals surface area contributed by atoms with Gasteiger partial charge in [0.15, 0.2) is 0 Å². The Morgan fingerprint density at radius 2 is 2.25 bits per heavy atom. The van der Waals surface area contributed by atoms with Gasteiger partial charge in [0.1, 0.15) is 0 Å². The smallest absolute Gasteiger partial charge is 0.0625 e. The molecule has 4 heteroatoms. The first-order chi connectivity index (χ1) is 5.66. The third kappa shape index (κ3) is 1.98. The summed E-state index contributed by atoms with van der Waals surface area (Å²) in [6.07, 6.45) is 0. The molecule has 0 aliphatic carbocycles. The Labute approximate surface area is 84.5 Å². The molecule has 1 atom stereocenters. The quantitative estimate of drug-likeness (QED) is 0.844. The summed E-state index contributed by atoms with van der Waals surface area (Å²) in [5, 5.41) is 9.41. The zero-order valence-corrected chi connectivity index (χ0v) is 8.64. The Morgan fingerprint density at radius 3 is 2.75 bits per heavy atom. The molecule has 0 radical (unpaired) electrons. The van der Waals surface area contributed by atoms with Gasteiger partial charge in [-0.05, 0) is 12.1 Å². The number of halogens is 2. The topological polar surface area (TPSA) is 46.2 Å². The average molecular weight is 251 g/mol. The van der Waals surface area contributed by atoms with Crippen molar-refractivity contribution in [3.63, 3.8) is 0 Å². The number of benzene rings is 1. The Balaban J connectivity index is 3.12. The zero-order chi connectivity index (χ0) is 9.14. The molecule has 0 heterocycles. The second-order valence-electron chi connectivity index (χ2n) is 2.42. The molecule has 0 aliphatic rings. The Hall–Kier alpha value is -0.0900. The summed E-state index contributed by atoms with van der Waals surface area (Å²) in [5.41, 5.74) is 6.38. The molecule has 0 amide bonds. The molecule has 66 valence electrons. The molecule has 0 spiro atoms. The van der Waals surface area contributed by atoms with Crippen molar-refractivity contribution in [2.75, 3.05) is 6.61 Å². The van der Waals surface area contributed by atoms with Gasteiger partial charge in [0, 0.05) is 15.1 Å². The SMILES string of the molecule is N[C@H](CO)c1c(Cl)cccc1Br. The van der Waals surface area contributed by atoms with Crippen LogP contribution < -0.4 is 5.73 Å². The van der Waals surface area contributed by atoms with Crippen LogP contribution >= 0.6 is 27.5 Å². The van der Waals surface area contributed by atoms with E-state index in [1.807, 2.05) is 12.1 Å². The third-order valence-electron chi connectivity index (χ3n) is 1.57. The van der Waals surface area contributed by atoms with Crippen LogP contribution in [0.1, 0.15) is 11.6 Å². The van der Waals surface area contributed by atoms with Crippen LogP contribution in [0.15, 0.2) is 22.7 Å². The van der Waals surface area contributed by atoms with Gasteiger partial charge in [-0.2, -0.15) is 0 Å². The molecule has 0 aliphatic heterocycles. The Bertz CT molecular complexity index is 260. The van der Waals surface area contributed by atoms with E-state index in [2.05, 4.69) is 15.9 Å². The second-order valence-corrected chi connectivity index (χ2v) is 3.69. The number of hydrogen-bond acceptors (Lipinski definition) is 2. The maximum Gasteiger partial charge on any atom is 0.0625 e. The lowest BCUT2D eigenvalue weighted by molar-refractivity contribution is 0.267. The molecular weight excluding hydrogens is 241 g/mol. The van der Waals surface area contributed by atoms with Crippen molar-refractivity contribution < 1.29 is 5.11 Å². The van der Waals surface area contributed by atoms with Crippen LogP contribution in [0, 0.1) is 0 Å². The molecule has 3 N–H and O–H groups in total. The zero-order valence-electron chi connectivity index (χ0n) is 6.30. The van der Waals surface area contributed by atoms with E-state index < -0.39 is 6.04 Å². The van der Waals surface area contributed by atoms with Crippen LogP contribution in [0.25, 0.3) is 0 Å². The summed E-state index contributed by atoms with van der Waals surface area (Å²) in [5.74, 6) is 0. The Morgan fingerprint density at radius 1 is 1.58 bits per heavy atom. The first-order valence-corrected chi connectivity index (χ1v) is 4.64. The minimum absolute atomic E-state index is 0.109. The van der Waals surface area contributed by atoms with E-state index in [0.29, 0.717) is 5.02 Å². The fourth-order valence-corrected chi connectivity index (χ4v) is 2.05. The van der Waals surface area contributed by atoms with Gasteiger partial charge in [0.25, 0.3) is 0 Å². The van der Waals surface area contributed by atoms with Crippen LogP contribution in [0.3, 0.4) is 0 Å². The van der Waals surface area contributed by atoms with Crippen molar-refractivity contribution in [2.45, 2.75) is 6.04 Å². The van der Waals surface area contributed by atoms with Gasteiger partial charge in [0.05, 0.1) is 12.6 Å². The lowest BCUT2D eigenvalue weighted by Gasteiger charge is -2.12. The van der Waals surface area contributed by atoms with Crippen molar-refractivity contribution in [1.29, 1.82) is 0 Å². The molecule has 0 aromatic heterocycles.